The van der Waals surface area contributed by atoms with Crippen molar-refractivity contribution in [3.05, 3.63) is 30.5 Å². The number of aliphatic hydroxyl groups is 1. The van der Waals surface area contributed by atoms with Gasteiger partial charge in [-0.3, -0.25) is 9.88 Å². The lowest BCUT2D eigenvalue weighted by atomic mass is 10.1. The van der Waals surface area contributed by atoms with E-state index < -0.39 is 0 Å². The SMILES string of the molecule is CC[C@@H]1CN(c2cnc3ccccc3n2)CCN1C[C@@H](C)O. The van der Waals surface area contributed by atoms with E-state index in [1.807, 2.05) is 37.4 Å². The molecule has 1 saturated heterocycles. The summed E-state index contributed by atoms with van der Waals surface area (Å²) in [5.41, 5.74) is 1.88. The van der Waals surface area contributed by atoms with Crippen molar-refractivity contribution in [3.8, 4) is 0 Å². The number of hydrogen-bond donors (Lipinski definition) is 1. The molecule has 0 unspecified atom stereocenters. The van der Waals surface area contributed by atoms with Crippen LogP contribution < -0.4 is 4.90 Å². The molecule has 5 heteroatoms. The van der Waals surface area contributed by atoms with Crippen LogP contribution >= 0.6 is 0 Å². The molecule has 1 aliphatic rings. The molecular formula is C17H24N4O. The monoisotopic (exact) mass is 300 g/mol. The van der Waals surface area contributed by atoms with Crippen molar-refractivity contribution in [1.82, 2.24) is 14.9 Å². The highest BCUT2D eigenvalue weighted by Crippen LogP contribution is 2.20. The molecule has 1 fully saturated rings. The van der Waals surface area contributed by atoms with Crippen molar-refractivity contribution in [1.29, 1.82) is 0 Å². The van der Waals surface area contributed by atoms with Crippen LogP contribution in [-0.4, -0.2) is 58.3 Å². The summed E-state index contributed by atoms with van der Waals surface area (Å²) in [7, 11) is 0. The molecule has 1 N–H and O–H groups in total. The first-order valence-electron chi connectivity index (χ1n) is 8.06. The van der Waals surface area contributed by atoms with Gasteiger partial charge in [0.25, 0.3) is 0 Å². The number of anilines is 1. The van der Waals surface area contributed by atoms with Crippen LogP contribution in [0.4, 0.5) is 5.82 Å². The van der Waals surface area contributed by atoms with Gasteiger partial charge in [-0.25, -0.2) is 4.98 Å². The molecule has 118 valence electrons. The Morgan fingerprint density at radius 1 is 1.27 bits per heavy atom. The molecule has 22 heavy (non-hydrogen) atoms. The van der Waals surface area contributed by atoms with Crippen LogP contribution in [0.1, 0.15) is 20.3 Å². The number of aliphatic hydroxyl groups excluding tert-OH is 1. The lowest BCUT2D eigenvalue weighted by molar-refractivity contribution is 0.0884. The molecular weight excluding hydrogens is 276 g/mol. The van der Waals surface area contributed by atoms with E-state index in [1.165, 1.54) is 0 Å². The minimum atomic E-state index is -0.277. The predicted octanol–water partition coefficient (Wildman–Crippen LogP) is 1.91. The molecule has 0 aliphatic carbocycles. The third-order valence-corrected chi connectivity index (χ3v) is 4.33. The second-order valence-corrected chi connectivity index (χ2v) is 6.07. The third kappa shape index (κ3) is 3.20. The largest absolute Gasteiger partial charge is 0.392 e. The van der Waals surface area contributed by atoms with Crippen LogP contribution in [0.3, 0.4) is 0 Å². The van der Waals surface area contributed by atoms with E-state index in [-0.39, 0.29) is 6.10 Å². The van der Waals surface area contributed by atoms with Gasteiger partial charge in [-0.2, -0.15) is 0 Å². The number of nitrogens with zero attached hydrogens (tertiary/aromatic N) is 4. The lowest BCUT2D eigenvalue weighted by Gasteiger charge is -2.42. The Bertz CT molecular complexity index is 631. The number of fused-ring (bicyclic) bond motifs is 1. The van der Waals surface area contributed by atoms with Crippen molar-refractivity contribution in [2.24, 2.45) is 0 Å². The van der Waals surface area contributed by atoms with Crippen LogP contribution in [0.5, 0.6) is 0 Å². The normalized spacial score (nSPS) is 21.2. The Hall–Kier alpha value is -1.72. The van der Waals surface area contributed by atoms with Crippen LogP contribution in [0.2, 0.25) is 0 Å². The predicted molar refractivity (Wildman–Crippen MR) is 89.1 cm³/mol. The fourth-order valence-electron chi connectivity index (χ4n) is 3.17. The molecule has 0 spiro atoms. The minimum Gasteiger partial charge on any atom is -0.392 e. The highest BCUT2D eigenvalue weighted by Gasteiger charge is 2.27. The van der Waals surface area contributed by atoms with E-state index in [0.717, 1.165) is 49.5 Å². The number of β-amino-alcohol motifs (C(OH)–C–C–N with tert-alkyl or cyclic N) is 1. The zero-order valence-corrected chi connectivity index (χ0v) is 13.3. The maximum Gasteiger partial charge on any atom is 0.147 e. The average Bonchev–Trinajstić information content (AvgIpc) is 2.54. The fourth-order valence-corrected chi connectivity index (χ4v) is 3.17. The molecule has 0 amide bonds. The number of aromatic nitrogens is 2. The molecule has 0 radical (unpaired) electrons. The van der Waals surface area contributed by atoms with E-state index >= 15 is 0 Å². The van der Waals surface area contributed by atoms with Gasteiger partial charge < -0.3 is 10.0 Å². The van der Waals surface area contributed by atoms with Gasteiger partial charge in [-0.1, -0.05) is 19.1 Å². The van der Waals surface area contributed by atoms with Crippen molar-refractivity contribution >= 4 is 16.9 Å². The number of para-hydroxylation sites is 2. The van der Waals surface area contributed by atoms with Gasteiger partial charge in [0.1, 0.15) is 5.82 Å². The summed E-state index contributed by atoms with van der Waals surface area (Å²) >= 11 is 0. The second kappa shape index (κ2) is 6.58. The van der Waals surface area contributed by atoms with Gasteiger partial charge in [0.15, 0.2) is 0 Å². The summed E-state index contributed by atoms with van der Waals surface area (Å²) < 4.78 is 0. The Morgan fingerprint density at radius 3 is 2.77 bits per heavy atom. The van der Waals surface area contributed by atoms with Crippen LogP contribution in [0, 0.1) is 0 Å². The van der Waals surface area contributed by atoms with Gasteiger partial charge in [0, 0.05) is 32.2 Å². The fraction of sp³-hybridized carbons (Fsp3) is 0.529. The number of piperazine rings is 1. The number of rotatable bonds is 4. The van der Waals surface area contributed by atoms with Crippen LogP contribution in [0.15, 0.2) is 30.5 Å². The highest BCUT2D eigenvalue weighted by atomic mass is 16.3. The van der Waals surface area contributed by atoms with Crippen molar-refractivity contribution in [2.45, 2.75) is 32.4 Å². The molecule has 0 saturated carbocycles. The molecule has 2 atom stereocenters. The van der Waals surface area contributed by atoms with Crippen LogP contribution in [0.25, 0.3) is 11.0 Å². The maximum absolute atomic E-state index is 9.64. The lowest BCUT2D eigenvalue weighted by Crippen LogP contribution is -2.54. The van der Waals surface area contributed by atoms with Crippen molar-refractivity contribution < 1.29 is 5.11 Å². The number of benzene rings is 1. The van der Waals surface area contributed by atoms with E-state index in [2.05, 4.69) is 21.7 Å². The second-order valence-electron chi connectivity index (χ2n) is 6.07. The summed E-state index contributed by atoms with van der Waals surface area (Å²) in [4.78, 5) is 14.0. The highest BCUT2D eigenvalue weighted by molar-refractivity contribution is 5.75. The molecule has 5 nitrogen and oxygen atoms in total. The molecule has 1 aromatic heterocycles. The molecule has 0 bridgehead atoms. The smallest absolute Gasteiger partial charge is 0.147 e. The number of hydrogen-bond acceptors (Lipinski definition) is 5. The van der Waals surface area contributed by atoms with E-state index in [0.29, 0.717) is 6.04 Å². The van der Waals surface area contributed by atoms with Crippen molar-refractivity contribution in [2.75, 3.05) is 31.1 Å². The molecule has 1 aliphatic heterocycles. The van der Waals surface area contributed by atoms with Gasteiger partial charge in [0.05, 0.1) is 23.3 Å². The van der Waals surface area contributed by atoms with Gasteiger partial charge in [-0.05, 0) is 25.5 Å². The Morgan fingerprint density at radius 2 is 2.05 bits per heavy atom. The standard InChI is InChI=1S/C17H24N4O/c1-3-14-12-21(9-8-20(14)11-13(2)22)17-10-18-15-6-4-5-7-16(15)19-17/h4-7,10,13-14,22H,3,8-9,11-12H2,1-2H3/t13-,14-/m1/s1. The van der Waals surface area contributed by atoms with Gasteiger partial charge in [0.2, 0.25) is 0 Å². The summed E-state index contributed by atoms with van der Waals surface area (Å²) in [6.45, 7) is 7.63. The molecule has 2 heterocycles. The Kier molecular flexibility index (Phi) is 4.55. The van der Waals surface area contributed by atoms with E-state index in [1.54, 1.807) is 0 Å². The molecule has 3 rings (SSSR count). The quantitative estimate of drug-likeness (QED) is 0.935. The van der Waals surface area contributed by atoms with Crippen molar-refractivity contribution in [3.63, 3.8) is 0 Å². The molecule has 1 aromatic carbocycles. The van der Waals surface area contributed by atoms with E-state index in [4.69, 9.17) is 4.98 Å². The third-order valence-electron chi connectivity index (χ3n) is 4.33. The summed E-state index contributed by atoms with van der Waals surface area (Å²) in [6.07, 6.45) is 2.67. The van der Waals surface area contributed by atoms with E-state index in [9.17, 15) is 5.11 Å². The Labute approximate surface area is 131 Å². The zero-order valence-electron chi connectivity index (χ0n) is 13.3. The van der Waals surface area contributed by atoms with Gasteiger partial charge in [-0.15, -0.1) is 0 Å². The topological polar surface area (TPSA) is 52.5 Å². The minimum absolute atomic E-state index is 0.277. The summed E-state index contributed by atoms with van der Waals surface area (Å²) in [5.74, 6) is 0.953. The first-order chi connectivity index (χ1) is 10.7. The Balaban J connectivity index is 1.77. The average molecular weight is 300 g/mol. The summed E-state index contributed by atoms with van der Waals surface area (Å²) in [5, 5.41) is 9.64. The first kappa shape index (κ1) is 15.2. The first-order valence-corrected chi connectivity index (χ1v) is 8.06. The maximum atomic E-state index is 9.64. The zero-order chi connectivity index (χ0) is 15.5. The van der Waals surface area contributed by atoms with Gasteiger partial charge >= 0.3 is 0 Å². The van der Waals surface area contributed by atoms with Crippen LogP contribution in [-0.2, 0) is 0 Å². The summed E-state index contributed by atoms with van der Waals surface area (Å²) in [6, 6.07) is 8.43. The molecule has 2 aromatic rings.